The zero-order valence-electron chi connectivity index (χ0n) is 33.1. The van der Waals surface area contributed by atoms with Crippen molar-refractivity contribution < 1.29 is 50.3 Å². The van der Waals surface area contributed by atoms with Crippen molar-refractivity contribution in [2.24, 2.45) is 0 Å². The van der Waals surface area contributed by atoms with Crippen LogP contribution in [-0.2, 0) is 33.2 Å². The number of benzene rings is 1. The Kier molecular flexibility index (Phi) is 10.2. The molecule has 3 aromatic rings. The third kappa shape index (κ3) is 7.11. The molecule has 2 amide bonds. The van der Waals surface area contributed by atoms with Crippen molar-refractivity contribution >= 4 is 56.9 Å². The van der Waals surface area contributed by atoms with Crippen LogP contribution in [0.5, 0.6) is 0 Å². The van der Waals surface area contributed by atoms with E-state index in [2.05, 4.69) is 9.97 Å². The largest absolute Gasteiger partial charge is 0.469 e. The maximum Gasteiger partial charge on any atom is 0.416 e. The summed E-state index contributed by atoms with van der Waals surface area (Å²) in [5.74, 6) is -3.75. The van der Waals surface area contributed by atoms with Gasteiger partial charge in [0.05, 0.1) is 64.2 Å². The second-order valence-corrected chi connectivity index (χ2v) is 15.1. The van der Waals surface area contributed by atoms with Gasteiger partial charge in [-0.2, -0.15) is 26.3 Å². The number of hydrogen-bond acceptors (Lipinski definition) is 7. The van der Waals surface area contributed by atoms with Gasteiger partial charge < -0.3 is 14.7 Å². The first-order chi connectivity index (χ1) is 27.6. The Labute approximate surface area is 334 Å². The quantitative estimate of drug-likeness (QED) is 0.138. The Morgan fingerprint density at radius 3 is 2.02 bits per heavy atom. The number of ketones is 1. The number of nitrogens with zero attached hydrogens (tertiary/aromatic N) is 3. The number of imide groups is 1. The number of H-pyrrole nitrogens is 2. The van der Waals surface area contributed by atoms with Crippen LogP contribution in [0.15, 0.2) is 36.4 Å². The van der Waals surface area contributed by atoms with Crippen LogP contribution >= 0.6 is 0 Å². The van der Waals surface area contributed by atoms with Crippen molar-refractivity contribution in [3.05, 3.63) is 104 Å². The number of aromatic amines is 2. The summed E-state index contributed by atoms with van der Waals surface area (Å²) in [5.41, 5.74) is 2.36. The molecule has 0 fully saturated rings. The van der Waals surface area contributed by atoms with Gasteiger partial charge in [-0.1, -0.05) is 13.8 Å². The molecule has 0 aliphatic carbocycles. The lowest BCUT2D eigenvalue weighted by atomic mass is 9.84. The molecule has 59 heavy (non-hydrogen) atoms. The number of fused-ring (bicyclic) bond motifs is 8. The predicted molar refractivity (Wildman–Crippen MR) is 206 cm³/mol. The maximum atomic E-state index is 14.9. The van der Waals surface area contributed by atoms with Gasteiger partial charge in [0.15, 0.2) is 5.78 Å². The SMILES string of the molecule is CCC1=C(C)c2cc3nc(cc4[nH]c(c5c6[nH]c(cc1n2)c(C)c6C(=O)N(Cc1cc(C(F)(F)F)cc(C(F)(F)F)c1)C5=O)[C@@H](CCC(=O)OC)[C@@H]4C)C(C)=C3C(C)=O. The molecular weight excluding hydrogens is 780 g/mol. The molecule has 0 saturated carbocycles. The molecule has 16 heteroatoms. The number of amides is 2. The van der Waals surface area contributed by atoms with E-state index in [1.165, 1.54) is 14.0 Å². The summed E-state index contributed by atoms with van der Waals surface area (Å²) in [4.78, 5) is 72.0. The van der Waals surface area contributed by atoms with E-state index in [4.69, 9.17) is 14.7 Å². The smallest absolute Gasteiger partial charge is 0.416 e. The number of allylic oxidation sites excluding steroid dienone is 4. The number of methoxy groups -OCH3 is 1. The molecule has 8 bridgehead atoms. The second-order valence-electron chi connectivity index (χ2n) is 15.1. The summed E-state index contributed by atoms with van der Waals surface area (Å²) >= 11 is 0. The Bertz CT molecular complexity index is 2610. The van der Waals surface area contributed by atoms with Crippen LogP contribution in [0.25, 0.3) is 33.3 Å². The van der Waals surface area contributed by atoms with E-state index in [0.717, 1.165) is 11.1 Å². The van der Waals surface area contributed by atoms with Crippen molar-refractivity contribution in [2.45, 2.75) is 91.5 Å². The van der Waals surface area contributed by atoms with E-state index >= 15 is 0 Å². The Morgan fingerprint density at radius 1 is 0.814 bits per heavy atom. The topological polar surface area (TPSA) is 138 Å². The number of carbonyl (C=O) groups excluding carboxylic acids is 4. The molecule has 0 radical (unpaired) electrons. The standard InChI is InChI=1S/C43H39F6N5O5/c1-8-26-18(2)28-16-33-35(22(6)55)20(4)30(51-33)14-29-19(3)27(9-10-34(56)59-7)38(52-29)37-39-36(21(5)31(53-39)15-32(26)50-28)40(57)54(41(37)58)17-23-11-24(42(44,45)46)13-25(12-23)43(47,48)49/h11-16,19,27,52-53H,8-10,17H2,1-7H3/t19-,27-/m0/s1. The van der Waals surface area contributed by atoms with E-state index in [-0.39, 0.29) is 47.0 Å². The van der Waals surface area contributed by atoms with Gasteiger partial charge >= 0.3 is 18.3 Å². The molecule has 308 valence electrons. The molecule has 0 spiro atoms. The summed E-state index contributed by atoms with van der Waals surface area (Å²) in [5, 5.41) is 0. The van der Waals surface area contributed by atoms with Gasteiger partial charge in [-0.25, -0.2) is 9.97 Å². The van der Waals surface area contributed by atoms with Crippen LogP contribution in [0.4, 0.5) is 26.3 Å². The number of alkyl halides is 6. The van der Waals surface area contributed by atoms with Gasteiger partial charge in [0.2, 0.25) is 0 Å². The van der Waals surface area contributed by atoms with Gasteiger partial charge in [-0.15, -0.1) is 0 Å². The molecule has 2 atom stereocenters. The lowest BCUT2D eigenvalue weighted by Gasteiger charge is -2.28. The van der Waals surface area contributed by atoms with Gasteiger partial charge in [0, 0.05) is 40.7 Å². The minimum atomic E-state index is -5.17. The first-order valence-electron chi connectivity index (χ1n) is 18.8. The highest BCUT2D eigenvalue weighted by molar-refractivity contribution is 6.27. The Hall–Kier alpha value is -6.06. The number of halogens is 6. The number of carbonyl (C=O) groups is 4. The number of aryl methyl sites for hydroxylation is 1. The van der Waals surface area contributed by atoms with Crippen LogP contribution in [0.1, 0.15) is 143 Å². The Balaban J connectivity index is 1.58. The van der Waals surface area contributed by atoms with Gasteiger partial charge in [-0.05, 0) is 105 Å². The van der Waals surface area contributed by atoms with Crippen LogP contribution < -0.4 is 0 Å². The zero-order chi connectivity index (χ0) is 43.0. The highest BCUT2D eigenvalue weighted by Gasteiger charge is 2.42. The first-order valence-corrected chi connectivity index (χ1v) is 18.8. The fourth-order valence-electron chi connectivity index (χ4n) is 8.41. The minimum absolute atomic E-state index is 0.0127. The van der Waals surface area contributed by atoms with Crippen LogP contribution in [0.2, 0.25) is 0 Å². The van der Waals surface area contributed by atoms with Crippen LogP contribution in [0, 0.1) is 6.92 Å². The molecule has 4 aliphatic rings. The summed E-state index contributed by atoms with van der Waals surface area (Å²) < 4.78 is 88.5. The molecule has 0 saturated heterocycles. The number of esters is 1. The van der Waals surface area contributed by atoms with Crippen molar-refractivity contribution in [1.82, 2.24) is 24.8 Å². The van der Waals surface area contributed by atoms with Crippen molar-refractivity contribution in [2.75, 3.05) is 7.11 Å². The number of Topliss-reactive ketones (excluding diaryl/α,β-unsaturated/α-hetero) is 1. The normalized spacial score (nSPS) is 17.5. The number of ether oxygens (including phenoxy) is 1. The van der Waals surface area contributed by atoms with E-state index < -0.39 is 65.2 Å². The molecule has 7 rings (SSSR count). The molecule has 2 N–H and O–H groups in total. The highest BCUT2D eigenvalue weighted by Crippen LogP contribution is 2.45. The molecule has 0 unspecified atom stereocenters. The van der Waals surface area contributed by atoms with E-state index in [1.54, 1.807) is 32.0 Å². The van der Waals surface area contributed by atoms with Crippen molar-refractivity contribution in [1.29, 1.82) is 0 Å². The average Bonchev–Trinajstić information content (AvgIpc) is 3.84. The van der Waals surface area contributed by atoms with Crippen LogP contribution in [0.3, 0.4) is 0 Å². The summed E-state index contributed by atoms with van der Waals surface area (Å²) in [6, 6.07) is 6.15. The summed E-state index contributed by atoms with van der Waals surface area (Å²) in [6.45, 7) is 9.58. The minimum Gasteiger partial charge on any atom is -0.469 e. The van der Waals surface area contributed by atoms with E-state index in [9.17, 15) is 45.5 Å². The van der Waals surface area contributed by atoms with Gasteiger partial charge in [-0.3, -0.25) is 24.1 Å². The van der Waals surface area contributed by atoms with Gasteiger partial charge in [0.1, 0.15) is 0 Å². The van der Waals surface area contributed by atoms with Gasteiger partial charge in [0.25, 0.3) is 11.8 Å². The number of rotatable bonds is 7. The molecular formula is C43H39F6N5O5. The maximum absolute atomic E-state index is 14.9. The third-order valence-corrected chi connectivity index (χ3v) is 11.5. The van der Waals surface area contributed by atoms with Crippen molar-refractivity contribution in [3.63, 3.8) is 0 Å². The predicted octanol–water partition coefficient (Wildman–Crippen LogP) is 9.88. The second kappa shape index (κ2) is 14.6. The molecule has 6 heterocycles. The molecule has 10 nitrogen and oxygen atoms in total. The van der Waals surface area contributed by atoms with E-state index in [0.29, 0.717) is 74.1 Å². The monoisotopic (exact) mass is 819 g/mol. The fraction of sp³-hybridized carbons (Fsp3) is 0.349. The molecule has 1 aromatic carbocycles. The van der Waals surface area contributed by atoms with E-state index in [1.807, 2.05) is 20.8 Å². The Morgan fingerprint density at radius 2 is 1.42 bits per heavy atom. The summed E-state index contributed by atoms with van der Waals surface area (Å²) in [6.07, 6.45) is -9.74. The lowest BCUT2D eigenvalue weighted by molar-refractivity contribution is -0.143. The number of hydrogen-bond donors (Lipinski definition) is 2. The average molecular weight is 820 g/mol. The van der Waals surface area contributed by atoms with Crippen molar-refractivity contribution in [3.8, 4) is 0 Å². The number of aromatic nitrogens is 4. The summed E-state index contributed by atoms with van der Waals surface area (Å²) in [7, 11) is 1.23. The molecule has 2 aromatic heterocycles. The first kappa shape index (κ1) is 41.1. The fourth-order valence-corrected chi connectivity index (χ4v) is 8.41. The third-order valence-electron chi connectivity index (χ3n) is 11.5. The number of nitrogens with one attached hydrogen (secondary N) is 2. The molecule has 4 aliphatic heterocycles. The van der Waals surface area contributed by atoms with Crippen LogP contribution in [-0.4, -0.2) is 55.5 Å². The zero-order valence-corrected chi connectivity index (χ0v) is 33.1. The highest BCUT2D eigenvalue weighted by atomic mass is 19.4. The lowest BCUT2D eigenvalue weighted by Crippen LogP contribution is -2.40.